The van der Waals surface area contributed by atoms with E-state index in [1.807, 2.05) is 12.1 Å². The summed E-state index contributed by atoms with van der Waals surface area (Å²) in [4.78, 5) is 26.0. The molecule has 1 saturated heterocycles. The van der Waals surface area contributed by atoms with Crippen LogP contribution in [-0.4, -0.2) is 40.8 Å². The predicted octanol–water partition coefficient (Wildman–Crippen LogP) is 1.77. The first-order chi connectivity index (χ1) is 12.2. The highest BCUT2D eigenvalue weighted by Gasteiger charge is 2.33. The highest BCUT2D eigenvalue weighted by Crippen LogP contribution is 2.30. The van der Waals surface area contributed by atoms with Crippen molar-refractivity contribution in [3.8, 4) is 5.75 Å². The predicted molar refractivity (Wildman–Crippen MR) is 90.7 cm³/mol. The monoisotopic (exact) mass is 339 g/mol. The summed E-state index contributed by atoms with van der Waals surface area (Å²) < 4.78 is 12.4. The molecular weight excluding hydrogens is 322 g/mol. The van der Waals surface area contributed by atoms with Crippen LogP contribution in [0, 0.1) is 5.92 Å². The maximum Gasteiger partial charge on any atom is 0.289 e. The van der Waals surface area contributed by atoms with Crippen molar-refractivity contribution in [2.45, 2.75) is 6.54 Å². The van der Waals surface area contributed by atoms with Gasteiger partial charge in [0.15, 0.2) is 17.1 Å². The van der Waals surface area contributed by atoms with Crippen LogP contribution < -0.4 is 10.3 Å². The van der Waals surface area contributed by atoms with Gasteiger partial charge < -0.3 is 14.1 Å². The Hall–Kier alpha value is -3.09. The number of para-hydroxylation sites is 1. The molecule has 7 nitrogen and oxygen atoms in total. The summed E-state index contributed by atoms with van der Waals surface area (Å²) in [7, 11) is 1.57. The van der Waals surface area contributed by atoms with E-state index in [0.717, 1.165) is 5.39 Å². The summed E-state index contributed by atoms with van der Waals surface area (Å²) in [6, 6.07) is 10.4. The van der Waals surface area contributed by atoms with Gasteiger partial charge in [0.05, 0.1) is 13.7 Å². The van der Waals surface area contributed by atoms with Crippen LogP contribution in [0.5, 0.6) is 5.75 Å². The van der Waals surface area contributed by atoms with Crippen LogP contribution in [0.25, 0.3) is 11.0 Å². The molecule has 0 radical (unpaired) electrons. The summed E-state index contributed by atoms with van der Waals surface area (Å²) >= 11 is 0. The maximum absolute atomic E-state index is 12.6. The number of aromatic nitrogens is 2. The van der Waals surface area contributed by atoms with Crippen molar-refractivity contribution in [3.63, 3.8) is 0 Å². The van der Waals surface area contributed by atoms with E-state index in [9.17, 15) is 9.59 Å². The number of furan rings is 1. The summed E-state index contributed by atoms with van der Waals surface area (Å²) in [5, 5.41) is 4.88. The number of hydrogen-bond donors (Lipinski definition) is 0. The van der Waals surface area contributed by atoms with Crippen molar-refractivity contribution in [1.29, 1.82) is 0 Å². The number of amides is 1. The fourth-order valence-electron chi connectivity index (χ4n) is 3.08. The Morgan fingerprint density at radius 3 is 2.92 bits per heavy atom. The van der Waals surface area contributed by atoms with Crippen molar-refractivity contribution >= 4 is 16.9 Å². The molecule has 1 aliphatic rings. The standard InChI is InChI=1S/C18H17N3O4/c1-24-14-5-2-4-13-8-15(25-17(13)14)18(23)20-9-12(10-20)11-21-16(22)6-3-7-19-21/h2-8,12H,9-11H2,1H3. The van der Waals surface area contributed by atoms with Crippen LogP contribution >= 0.6 is 0 Å². The number of methoxy groups -OCH3 is 1. The smallest absolute Gasteiger partial charge is 0.289 e. The molecule has 0 atom stereocenters. The Labute approximate surface area is 143 Å². The van der Waals surface area contributed by atoms with Gasteiger partial charge in [0.2, 0.25) is 0 Å². The van der Waals surface area contributed by atoms with E-state index in [2.05, 4.69) is 5.10 Å². The Morgan fingerprint density at radius 2 is 2.16 bits per heavy atom. The van der Waals surface area contributed by atoms with E-state index in [4.69, 9.17) is 9.15 Å². The fourth-order valence-corrected chi connectivity index (χ4v) is 3.08. The lowest BCUT2D eigenvalue weighted by molar-refractivity contribution is 0.0429. The van der Waals surface area contributed by atoms with Gasteiger partial charge in [-0.3, -0.25) is 9.59 Å². The summed E-state index contributed by atoms with van der Waals surface area (Å²) in [5.41, 5.74) is 0.446. The van der Waals surface area contributed by atoms with E-state index in [1.165, 1.54) is 10.7 Å². The minimum atomic E-state index is -0.150. The minimum Gasteiger partial charge on any atom is -0.493 e. The third-order valence-corrected chi connectivity index (χ3v) is 4.40. The lowest BCUT2D eigenvalue weighted by Crippen LogP contribution is -2.52. The van der Waals surface area contributed by atoms with E-state index >= 15 is 0 Å². The molecule has 3 aromatic rings. The molecule has 128 valence electrons. The summed E-state index contributed by atoms with van der Waals surface area (Å²) in [6.45, 7) is 1.67. The zero-order chi connectivity index (χ0) is 17.4. The maximum atomic E-state index is 12.6. The van der Waals surface area contributed by atoms with Gasteiger partial charge in [-0.2, -0.15) is 5.10 Å². The lowest BCUT2D eigenvalue weighted by atomic mass is 10.00. The zero-order valence-electron chi connectivity index (χ0n) is 13.7. The third kappa shape index (κ3) is 2.77. The van der Waals surface area contributed by atoms with Crippen molar-refractivity contribution in [3.05, 3.63) is 58.7 Å². The highest BCUT2D eigenvalue weighted by molar-refractivity contribution is 5.97. The average Bonchev–Trinajstić information content (AvgIpc) is 3.03. The molecule has 7 heteroatoms. The highest BCUT2D eigenvalue weighted by atomic mass is 16.5. The average molecular weight is 339 g/mol. The molecule has 0 saturated carbocycles. The van der Waals surface area contributed by atoms with Crippen LogP contribution in [-0.2, 0) is 6.54 Å². The molecule has 1 amide bonds. The Balaban J connectivity index is 1.45. The van der Waals surface area contributed by atoms with Gasteiger partial charge in [-0.05, 0) is 18.2 Å². The third-order valence-electron chi connectivity index (χ3n) is 4.40. The quantitative estimate of drug-likeness (QED) is 0.724. The van der Waals surface area contributed by atoms with Crippen LogP contribution in [0.3, 0.4) is 0 Å². The van der Waals surface area contributed by atoms with E-state index < -0.39 is 0 Å². The van der Waals surface area contributed by atoms with Crippen molar-refractivity contribution in [2.75, 3.05) is 20.2 Å². The second kappa shape index (κ2) is 6.08. The van der Waals surface area contributed by atoms with Crippen molar-refractivity contribution in [2.24, 2.45) is 5.92 Å². The molecule has 2 aromatic heterocycles. The number of nitrogens with zero attached hydrogens (tertiary/aromatic N) is 3. The Bertz CT molecular complexity index is 985. The largest absolute Gasteiger partial charge is 0.493 e. The second-order valence-corrected chi connectivity index (χ2v) is 6.11. The van der Waals surface area contributed by atoms with Crippen molar-refractivity contribution < 1.29 is 13.9 Å². The van der Waals surface area contributed by atoms with E-state index in [-0.39, 0.29) is 17.4 Å². The van der Waals surface area contributed by atoms with E-state index in [1.54, 1.807) is 36.4 Å². The van der Waals surface area contributed by atoms with Gasteiger partial charge in [0, 0.05) is 36.7 Å². The Morgan fingerprint density at radius 1 is 1.32 bits per heavy atom. The summed E-state index contributed by atoms with van der Waals surface area (Å²) in [6.07, 6.45) is 1.59. The minimum absolute atomic E-state index is 0.128. The van der Waals surface area contributed by atoms with Crippen LogP contribution in [0.2, 0.25) is 0 Å². The topological polar surface area (TPSA) is 77.6 Å². The van der Waals surface area contributed by atoms with Gasteiger partial charge >= 0.3 is 0 Å². The number of likely N-dealkylation sites (tertiary alicyclic amines) is 1. The molecule has 0 bridgehead atoms. The number of rotatable bonds is 4. The molecular formula is C18H17N3O4. The van der Waals surface area contributed by atoms with Crippen LogP contribution in [0.4, 0.5) is 0 Å². The second-order valence-electron chi connectivity index (χ2n) is 6.11. The molecule has 4 rings (SSSR count). The Kier molecular flexibility index (Phi) is 3.76. The number of fused-ring (bicyclic) bond motifs is 1. The zero-order valence-corrected chi connectivity index (χ0v) is 13.7. The normalized spacial score (nSPS) is 14.5. The molecule has 0 unspecified atom stereocenters. The molecule has 0 N–H and O–H groups in total. The van der Waals surface area contributed by atoms with Crippen LogP contribution in [0.15, 0.2) is 51.8 Å². The molecule has 0 spiro atoms. The SMILES string of the molecule is COc1cccc2cc(C(=O)N3CC(Cn4ncccc4=O)C3)oc12. The molecule has 1 aliphatic heterocycles. The number of hydrogen-bond acceptors (Lipinski definition) is 5. The first kappa shape index (κ1) is 15.4. The first-order valence-electron chi connectivity index (χ1n) is 8.03. The number of benzene rings is 1. The molecule has 1 fully saturated rings. The van der Waals surface area contributed by atoms with Crippen molar-refractivity contribution in [1.82, 2.24) is 14.7 Å². The number of carbonyl (C=O) groups is 1. The summed E-state index contributed by atoms with van der Waals surface area (Å²) in [5.74, 6) is 0.971. The van der Waals surface area contributed by atoms with Gasteiger partial charge in [-0.25, -0.2) is 4.68 Å². The lowest BCUT2D eigenvalue weighted by Gasteiger charge is -2.38. The number of carbonyl (C=O) groups excluding carboxylic acids is 1. The molecule has 3 heterocycles. The van der Waals surface area contributed by atoms with Crippen LogP contribution in [0.1, 0.15) is 10.6 Å². The molecule has 25 heavy (non-hydrogen) atoms. The van der Waals surface area contributed by atoms with Gasteiger partial charge in [0.1, 0.15) is 0 Å². The molecule has 0 aliphatic carbocycles. The molecule has 1 aromatic carbocycles. The first-order valence-corrected chi connectivity index (χ1v) is 8.03. The number of ether oxygens (including phenoxy) is 1. The van der Waals surface area contributed by atoms with Gasteiger partial charge in [-0.1, -0.05) is 12.1 Å². The fraction of sp³-hybridized carbons (Fsp3) is 0.278. The van der Waals surface area contributed by atoms with E-state index in [0.29, 0.717) is 36.7 Å². The van der Waals surface area contributed by atoms with Gasteiger partial charge in [-0.15, -0.1) is 0 Å². The van der Waals surface area contributed by atoms with Gasteiger partial charge in [0.25, 0.3) is 11.5 Å².